The van der Waals surface area contributed by atoms with Gasteiger partial charge in [-0.05, 0) is 19.1 Å². The summed E-state index contributed by atoms with van der Waals surface area (Å²) in [5.74, 6) is 0.818. The molecule has 1 unspecified atom stereocenters. The Labute approximate surface area is 104 Å². The summed E-state index contributed by atoms with van der Waals surface area (Å²) < 4.78 is 0. The lowest BCUT2D eigenvalue weighted by atomic mass is 10.2. The molecule has 0 aromatic heterocycles. The van der Waals surface area contributed by atoms with Crippen LogP contribution in [0, 0.1) is 0 Å². The third-order valence-electron chi connectivity index (χ3n) is 2.85. The number of hydrogen-bond donors (Lipinski definition) is 2. The maximum atomic E-state index is 4.09. The van der Waals surface area contributed by atoms with Crippen molar-refractivity contribution in [2.75, 3.05) is 32.6 Å². The Morgan fingerprint density at radius 3 is 2.53 bits per heavy atom. The van der Waals surface area contributed by atoms with Gasteiger partial charge in [-0.1, -0.05) is 18.2 Å². The van der Waals surface area contributed by atoms with E-state index >= 15 is 0 Å². The predicted octanol–water partition coefficient (Wildman–Crippen LogP) is 1.31. The van der Waals surface area contributed by atoms with Crippen molar-refractivity contribution in [3.63, 3.8) is 0 Å². The van der Waals surface area contributed by atoms with Crippen LogP contribution in [0.15, 0.2) is 35.3 Å². The average molecular weight is 234 g/mol. The third-order valence-corrected chi connectivity index (χ3v) is 2.85. The molecule has 4 heteroatoms. The zero-order valence-corrected chi connectivity index (χ0v) is 11.1. The lowest BCUT2D eigenvalue weighted by Crippen LogP contribution is -2.44. The largest absolute Gasteiger partial charge is 0.370 e. The zero-order chi connectivity index (χ0) is 12.7. The van der Waals surface area contributed by atoms with Gasteiger partial charge in [0.2, 0.25) is 0 Å². The van der Waals surface area contributed by atoms with E-state index in [0.717, 1.165) is 12.5 Å². The summed E-state index contributed by atoms with van der Waals surface area (Å²) in [6, 6.07) is 10.8. The molecule has 1 aromatic rings. The second kappa shape index (κ2) is 6.78. The average Bonchev–Trinajstić information content (AvgIpc) is 2.39. The van der Waals surface area contributed by atoms with Crippen molar-refractivity contribution in [2.24, 2.45) is 4.99 Å². The van der Waals surface area contributed by atoms with Gasteiger partial charge >= 0.3 is 0 Å². The summed E-state index contributed by atoms with van der Waals surface area (Å²) in [6.07, 6.45) is 0. The van der Waals surface area contributed by atoms with E-state index in [2.05, 4.69) is 58.8 Å². The van der Waals surface area contributed by atoms with Gasteiger partial charge in [-0.2, -0.15) is 0 Å². The first kappa shape index (κ1) is 13.4. The maximum Gasteiger partial charge on any atom is 0.190 e. The quantitative estimate of drug-likeness (QED) is 0.609. The Balaban J connectivity index is 2.50. The molecule has 0 fully saturated rings. The number of nitrogens with zero attached hydrogens (tertiary/aromatic N) is 2. The first-order chi connectivity index (χ1) is 8.19. The van der Waals surface area contributed by atoms with Crippen molar-refractivity contribution in [1.29, 1.82) is 0 Å². The fourth-order valence-electron chi connectivity index (χ4n) is 1.58. The lowest BCUT2D eigenvalue weighted by molar-refractivity contribution is 0.653. The molecule has 0 aliphatic heterocycles. The monoisotopic (exact) mass is 234 g/mol. The summed E-state index contributed by atoms with van der Waals surface area (Å²) in [7, 11) is 5.73. The minimum absolute atomic E-state index is 0.391. The highest BCUT2D eigenvalue weighted by molar-refractivity contribution is 5.79. The van der Waals surface area contributed by atoms with Crippen molar-refractivity contribution in [3.8, 4) is 0 Å². The SMILES string of the molecule is CN=C(NC)NCC(C)N(C)c1ccccc1. The number of guanidine groups is 1. The summed E-state index contributed by atoms with van der Waals surface area (Å²) in [5.41, 5.74) is 1.22. The van der Waals surface area contributed by atoms with Crippen molar-refractivity contribution < 1.29 is 0 Å². The molecule has 0 radical (unpaired) electrons. The Morgan fingerprint density at radius 1 is 1.35 bits per heavy atom. The fourth-order valence-corrected chi connectivity index (χ4v) is 1.58. The lowest BCUT2D eigenvalue weighted by Gasteiger charge is -2.27. The van der Waals surface area contributed by atoms with Gasteiger partial charge in [-0.25, -0.2) is 0 Å². The molecular weight excluding hydrogens is 212 g/mol. The fraction of sp³-hybridized carbons (Fsp3) is 0.462. The standard InChI is InChI=1S/C13H22N4/c1-11(10-16-13(14-2)15-3)17(4)12-8-6-5-7-9-12/h5-9,11H,10H2,1-4H3,(H2,14,15,16). The highest BCUT2D eigenvalue weighted by Crippen LogP contribution is 2.13. The minimum Gasteiger partial charge on any atom is -0.370 e. The van der Waals surface area contributed by atoms with Gasteiger partial charge in [0, 0.05) is 39.4 Å². The van der Waals surface area contributed by atoms with Gasteiger partial charge in [0.15, 0.2) is 5.96 Å². The summed E-state index contributed by atoms with van der Waals surface area (Å²) >= 11 is 0. The Morgan fingerprint density at radius 2 is 2.00 bits per heavy atom. The molecule has 2 N–H and O–H groups in total. The van der Waals surface area contributed by atoms with Crippen LogP contribution in [0.4, 0.5) is 5.69 Å². The molecular formula is C13H22N4. The van der Waals surface area contributed by atoms with Gasteiger partial charge in [-0.15, -0.1) is 0 Å². The predicted molar refractivity (Wildman–Crippen MR) is 74.7 cm³/mol. The number of para-hydroxylation sites is 1. The number of aliphatic imine (C=N–C) groups is 1. The number of hydrogen-bond acceptors (Lipinski definition) is 2. The van der Waals surface area contributed by atoms with Crippen LogP contribution in [-0.4, -0.2) is 39.7 Å². The molecule has 1 aromatic carbocycles. The van der Waals surface area contributed by atoms with Gasteiger partial charge in [0.05, 0.1) is 0 Å². The van der Waals surface area contributed by atoms with E-state index in [1.807, 2.05) is 13.1 Å². The van der Waals surface area contributed by atoms with Crippen molar-refractivity contribution in [2.45, 2.75) is 13.0 Å². The smallest absolute Gasteiger partial charge is 0.190 e. The molecule has 0 saturated heterocycles. The van der Waals surface area contributed by atoms with Crippen molar-refractivity contribution in [1.82, 2.24) is 10.6 Å². The number of likely N-dealkylation sites (N-methyl/N-ethyl adjacent to an activating group) is 1. The van der Waals surface area contributed by atoms with E-state index in [-0.39, 0.29) is 0 Å². The second-order valence-electron chi connectivity index (χ2n) is 4.00. The van der Waals surface area contributed by atoms with Gasteiger partial charge in [0.1, 0.15) is 0 Å². The number of nitrogens with one attached hydrogen (secondary N) is 2. The zero-order valence-electron chi connectivity index (χ0n) is 11.1. The molecule has 0 amide bonds. The van der Waals surface area contributed by atoms with Crippen molar-refractivity contribution >= 4 is 11.6 Å². The van der Waals surface area contributed by atoms with E-state index in [1.54, 1.807) is 7.05 Å². The molecule has 0 aliphatic rings. The number of benzene rings is 1. The topological polar surface area (TPSA) is 39.7 Å². The van der Waals surface area contributed by atoms with Crippen LogP contribution in [0.3, 0.4) is 0 Å². The highest BCUT2D eigenvalue weighted by atomic mass is 15.2. The number of anilines is 1. The third kappa shape index (κ3) is 3.98. The Bertz CT molecular complexity index is 348. The van der Waals surface area contributed by atoms with Crippen LogP contribution in [0.25, 0.3) is 0 Å². The molecule has 17 heavy (non-hydrogen) atoms. The first-order valence-corrected chi connectivity index (χ1v) is 5.85. The molecule has 4 nitrogen and oxygen atoms in total. The molecule has 0 spiro atoms. The van der Waals surface area contributed by atoms with E-state index in [9.17, 15) is 0 Å². The van der Waals surface area contributed by atoms with Crippen LogP contribution >= 0.6 is 0 Å². The van der Waals surface area contributed by atoms with E-state index in [0.29, 0.717) is 6.04 Å². The molecule has 1 rings (SSSR count). The van der Waals surface area contributed by atoms with Crippen LogP contribution in [-0.2, 0) is 0 Å². The van der Waals surface area contributed by atoms with E-state index < -0.39 is 0 Å². The Hall–Kier alpha value is -1.71. The molecule has 1 atom stereocenters. The van der Waals surface area contributed by atoms with Gasteiger partial charge in [0.25, 0.3) is 0 Å². The maximum absolute atomic E-state index is 4.09. The molecule has 0 heterocycles. The second-order valence-corrected chi connectivity index (χ2v) is 4.00. The first-order valence-electron chi connectivity index (χ1n) is 5.85. The molecule has 0 saturated carbocycles. The normalized spacial score (nSPS) is 13.1. The summed E-state index contributed by atoms with van der Waals surface area (Å²) in [4.78, 5) is 6.33. The summed E-state index contributed by atoms with van der Waals surface area (Å²) in [6.45, 7) is 3.03. The molecule has 0 aliphatic carbocycles. The number of rotatable bonds is 4. The molecule has 94 valence electrons. The van der Waals surface area contributed by atoms with Crippen LogP contribution in [0.2, 0.25) is 0 Å². The van der Waals surface area contributed by atoms with Crippen molar-refractivity contribution in [3.05, 3.63) is 30.3 Å². The van der Waals surface area contributed by atoms with Gasteiger partial charge in [-0.3, -0.25) is 4.99 Å². The minimum atomic E-state index is 0.391. The molecule has 0 bridgehead atoms. The van der Waals surface area contributed by atoms with E-state index in [1.165, 1.54) is 5.69 Å². The van der Waals surface area contributed by atoms with Crippen LogP contribution in [0.1, 0.15) is 6.92 Å². The van der Waals surface area contributed by atoms with Gasteiger partial charge < -0.3 is 15.5 Å². The van der Waals surface area contributed by atoms with Crippen LogP contribution in [0.5, 0.6) is 0 Å². The summed E-state index contributed by atoms with van der Waals surface area (Å²) in [5, 5.41) is 6.27. The van der Waals surface area contributed by atoms with Crippen LogP contribution < -0.4 is 15.5 Å². The van der Waals surface area contributed by atoms with E-state index in [4.69, 9.17) is 0 Å². The Kier molecular flexibility index (Phi) is 5.33. The highest BCUT2D eigenvalue weighted by Gasteiger charge is 2.09.